The van der Waals surface area contributed by atoms with Gasteiger partial charge in [0.05, 0.1) is 12.1 Å². The first kappa shape index (κ1) is 20.2. The molecule has 0 unspecified atom stereocenters. The number of hydrogen-bond acceptors (Lipinski definition) is 4. The summed E-state index contributed by atoms with van der Waals surface area (Å²) in [5, 5.41) is 4.06. The molecule has 1 aromatic heterocycles. The molecule has 0 bridgehead atoms. The molecule has 7 heteroatoms. The zero-order valence-corrected chi connectivity index (χ0v) is 16.7. The molecule has 0 fully saturated rings. The van der Waals surface area contributed by atoms with E-state index >= 15 is 0 Å². The van der Waals surface area contributed by atoms with Crippen LogP contribution in [0.15, 0.2) is 70.6 Å². The van der Waals surface area contributed by atoms with Crippen LogP contribution in [0.4, 0.5) is 0 Å². The van der Waals surface area contributed by atoms with E-state index in [1.807, 2.05) is 54.6 Å². The summed E-state index contributed by atoms with van der Waals surface area (Å²) in [6.07, 6.45) is 0.785. The van der Waals surface area contributed by atoms with Gasteiger partial charge in [0.1, 0.15) is 0 Å². The van der Waals surface area contributed by atoms with Gasteiger partial charge < -0.3 is 10.3 Å². The minimum absolute atomic E-state index is 0.0729. The molecule has 1 heterocycles. The van der Waals surface area contributed by atoms with Crippen molar-refractivity contribution in [2.45, 2.75) is 23.8 Å². The Morgan fingerprint density at radius 1 is 1.07 bits per heavy atom. The van der Waals surface area contributed by atoms with Gasteiger partial charge in [-0.05, 0) is 29.7 Å². The summed E-state index contributed by atoms with van der Waals surface area (Å²) in [5.41, 5.74) is 2.44. The van der Waals surface area contributed by atoms with Crippen LogP contribution in [0.25, 0.3) is 0 Å². The number of rotatable bonds is 8. The van der Waals surface area contributed by atoms with E-state index in [-0.39, 0.29) is 17.9 Å². The largest absolute Gasteiger partial charge is 0.355 e. The van der Waals surface area contributed by atoms with Crippen LogP contribution in [0.2, 0.25) is 5.02 Å². The molecule has 2 N–H and O–H groups in total. The van der Waals surface area contributed by atoms with Gasteiger partial charge >= 0.3 is 0 Å². The average molecular weight is 414 g/mol. The van der Waals surface area contributed by atoms with E-state index in [1.54, 1.807) is 0 Å². The number of aromatic amines is 1. The van der Waals surface area contributed by atoms with Gasteiger partial charge in [-0.25, -0.2) is 4.98 Å². The van der Waals surface area contributed by atoms with Crippen molar-refractivity contribution in [2.24, 2.45) is 0 Å². The smallest absolute Gasteiger partial charge is 0.251 e. The van der Waals surface area contributed by atoms with E-state index in [0.29, 0.717) is 34.6 Å². The third-order valence-corrected chi connectivity index (χ3v) is 5.18. The molecule has 0 aliphatic rings. The van der Waals surface area contributed by atoms with Crippen molar-refractivity contribution in [3.8, 4) is 0 Å². The Morgan fingerprint density at radius 2 is 1.82 bits per heavy atom. The molecule has 0 aliphatic heterocycles. The molecule has 0 atom stereocenters. The predicted molar refractivity (Wildman–Crippen MR) is 113 cm³/mol. The van der Waals surface area contributed by atoms with E-state index < -0.39 is 0 Å². The third-order valence-electron chi connectivity index (χ3n) is 3.98. The highest BCUT2D eigenvalue weighted by Gasteiger charge is 2.08. The van der Waals surface area contributed by atoms with Gasteiger partial charge in [-0.15, -0.1) is 0 Å². The lowest BCUT2D eigenvalue weighted by Gasteiger charge is -2.07. The van der Waals surface area contributed by atoms with E-state index in [1.165, 1.54) is 17.8 Å². The van der Waals surface area contributed by atoms with Crippen LogP contribution in [-0.4, -0.2) is 22.4 Å². The zero-order valence-electron chi connectivity index (χ0n) is 15.2. The Bertz CT molecular complexity index is 975. The SMILES string of the molecule is O=C(Cc1cc(=O)[nH]c(SCc2ccccc2)n1)NCCc1ccc(Cl)cc1. The summed E-state index contributed by atoms with van der Waals surface area (Å²) in [7, 11) is 0. The van der Waals surface area contributed by atoms with Crippen LogP contribution >= 0.6 is 23.4 Å². The number of hydrogen-bond donors (Lipinski definition) is 2. The maximum Gasteiger partial charge on any atom is 0.251 e. The molecule has 3 aromatic rings. The maximum atomic E-state index is 12.2. The quantitative estimate of drug-likeness (QED) is 0.437. The van der Waals surface area contributed by atoms with Crippen LogP contribution in [-0.2, 0) is 23.4 Å². The second kappa shape index (κ2) is 10.1. The van der Waals surface area contributed by atoms with Crippen molar-refractivity contribution in [1.29, 1.82) is 0 Å². The van der Waals surface area contributed by atoms with E-state index in [4.69, 9.17) is 11.6 Å². The van der Waals surface area contributed by atoms with Gasteiger partial charge in [-0.2, -0.15) is 0 Å². The maximum absolute atomic E-state index is 12.2. The highest BCUT2D eigenvalue weighted by Crippen LogP contribution is 2.18. The van der Waals surface area contributed by atoms with Crippen molar-refractivity contribution in [3.63, 3.8) is 0 Å². The fourth-order valence-corrected chi connectivity index (χ4v) is 3.57. The van der Waals surface area contributed by atoms with Gasteiger partial charge in [-0.1, -0.05) is 65.8 Å². The predicted octanol–water partition coefficient (Wildman–Crippen LogP) is 3.62. The van der Waals surface area contributed by atoms with Gasteiger partial charge in [-0.3, -0.25) is 9.59 Å². The molecule has 0 aliphatic carbocycles. The molecular formula is C21H20ClN3O2S. The Labute approximate surface area is 172 Å². The monoisotopic (exact) mass is 413 g/mol. The Kier molecular flexibility index (Phi) is 7.28. The highest BCUT2D eigenvalue weighted by molar-refractivity contribution is 7.98. The number of thioether (sulfide) groups is 1. The minimum Gasteiger partial charge on any atom is -0.355 e. The van der Waals surface area contributed by atoms with Crippen LogP contribution in [0.1, 0.15) is 16.8 Å². The van der Waals surface area contributed by atoms with E-state index in [2.05, 4.69) is 15.3 Å². The molecule has 1 amide bonds. The molecule has 0 saturated heterocycles. The molecule has 2 aromatic carbocycles. The summed E-state index contributed by atoms with van der Waals surface area (Å²) in [4.78, 5) is 31.2. The lowest BCUT2D eigenvalue weighted by Crippen LogP contribution is -2.28. The number of carbonyl (C=O) groups excluding carboxylic acids is 1. The number of nitrogens with one attached hydrogen (secondary N) is 2. The van der Waals surface area contributed by atoms with Crippen LogP contribution in [0.5, 0.6) is 0 Å². The van der Waals surface area contributed by atoms with Crippen molar-refractivity contribution in [2.75, 3.05) is 6.54 Å². The summed E-state index contributed by atoms with van der Waals surface area (Å²) in [5.74, 6) is 0.534. The van der Waals surface area contributed by atoms with E-state index in [0.717, 1.165) is 11.1 Å². The molecule has 0 spiro atoms. The molecule has 0 saturated carbocycles. The van der Waals surface area contributed by atoms with E-state index in [9.17, 15) is 9.59 Å². The first-order chi connectivity index (χ1) is 13.6. The topological polar surface area (TPSA) is 74.8 Å². The van der Waals surface area contributed by atoms with Crippen molar-refractivity contribution in [3.05, 3.63) is 92.9 Å². The standard InChI is InChI=1S/C21H20ClN3O2S/c22-17-8-6-15(7-9-17)10-11-23-19(26)12-18-13-20(27)25-21(24-18)28-14-16-4-2-1-3-5-16/h1-9,13H,10-12,14H2,(H,23,26)(H,24,25,27). The van der Waals surface area contributed by atoms with Crippen LogP contribution < -0.4 is 10.9 Å². The molecule has 0 radical (unpaired) electrons. The fraction of sp³-hybridized carbons (Fsp3) is 0.190. The molecule has 28 heavy (non-hydrogen) atoms. The normalized spacial score (nSPS) is 10.6. The molecule has 5 nitrogen and oxygen atoms in total. The second-order valence-electron chi connectivity index (χ2n) is 6.22. The zero-order chi connectivity index (χ0) is 19.8. The molecule has 144 valence electrons. The van der Waals surface area contributed by atoms with Gasteiger partial charge in [0, 0.05) is 23.4 Å². The number of halogens is 1. The number of carbonyl (C=O) groups is 1. The molecular weight excluding hydrogens is 394 g/mol. The number of H-pyrrole nitrogens is 1. The Balaban J connectivity index is 1.51. The number of benzene rings is 2. The van der Waals surface area contributed by atoms with Crippen LogP contribution in [0, 0.1) is 0 Å². The second-order valence-corrected chi connectivity index (χ2v) is 7.62. The third kappa shape index (κ3) is 6.55. The Morgan fingerprint density at radius 3 is 2.57 bits per heavy atom. The average Bonchev–Trinajstić information content (AvgIpc) is 2.68. The Hall–Kier alpha value is -2.57. The molecule has 3 rings (SSSR count). The van der Waals surface area contributed by atoms with Gasteiger partial charge in [0.15, 0.2) is 5.16 Å². The lowest BCUT2D eigenvalue weighted by molar-refractivity contribution is -0.120. The summed E-state index contributed by atoms with van der Waals surface area (Å²) < 4.78 is 0. The minimum atomic E-state index is -0.255. The first-order valence-electron chi connectivity index (χ1n) is 8.86. The van der Waals surface area contributed by atoms with Crippen molar-refractivity contribution < 1.29 is 4.79 Å². The van der Waals surface area contributed by atoms with Crippen molar-refractivity contribution in [1.82, 2.24) is 15.3 Å². The van der Waals surface area contributed by atoms with Gasteiger partial charge in [0.2, 0.25) is 5.91 Å². The number of nitrogens with zero attached hydrogens (tertiary/aromatic N) is 1. The number of aromatic nitrogens is 2. The van der Waals surface area contributed by atoms with Crippen molar-refractivity contribution >= 4 is 29.3 Å². The van der Waals surface area contributed by atoms with Crippen LogP contribution in [0.3, 0.4) is 0 Å². The lowest BCUT2D eigenvalue weighted by atomic mass is 10.1. The summed E-state index contributed by atoms with van der Waals surface area (Å²) in [6, 6.07) is 18.8. The van der Waals surface area contributed by atoms with Gasteiger partial charge in [0.25, 0.3) is 5.56 Å². The highest BCUT2D eigenvalue weighted by atomic mass is 35.5. The summed E-state index contributed by atoms with van der Waals surface area (Å²) >= 11 is 7.30. The number of amides is 1. The first-order valence-corrected chi connectivity index (χ1v) is 10.2. The summed E-state index contributed by atoms with van der Waals surface area (Å²) in [6.45, 7) is 0.513. The fourth-order valence-electron chi connectivity index (χ4n) is 2.59.